The summed E-state index contributed by atoms with van der Waals surface area (Å²) < 4.78 is 28.6. The molecule has 0 bridgehead atoms. The molecule has 154 valence electrons. The monoisotopic (exact) mass is 419 g/mol. The second-order valence-electron chi connectivity index (χ2n) is 6.38. The summed E-state index contributed by atoms with van der Waals surface area (Å²) in [4.78, 5) is 28.9. The lowest BCUT2D eigenvalue weighted by molar-refractivity contribution is 0.0838. The molecule has 0 saturated carbocycles. The molecule has 31 heavy (non-hydrogen) atoms. The van der Waals surface area contributed by atoms with Gasteiger partial charge in [0.1, 0.15) is 0 Å². The zero-order chi connectivity index (χ0) is 21.8. The van der Waals surface area contributed by atoms with Gasteiger partial charge >= 0.3 is 5.91 Å². The van der Waals surface area contributed by atoms with E-state index in [2.05, 4.69) is 15.5 Å². The van der Waals surface area contributed by atoms with Crippen LogP contribution in [0.4, 0.5) is 8.78 Å². The zero-order valence-electron chi connectivity index (χ0n) is 15.9. The molecular formula is C22H15F2N5O2. The van der Waals surface area contributed by atoms with Crippen molar-refractivity contribution in [2.24, 2.45) is 0 Å². The molecule has 0 spiro atoms. The highest BCUT2D eigenvalue weighted by atomic mass is 19.2. The van der Waals surface area contributed by atoms with E-state index < -0.39 is 29.0 Å². The zero-order valence-corrected chi connectivity index (χ0v) is 15.9. The Kier molecular flexibility index (Phi) is 5.48. The fraction of sp³-hybridized carbons (Fsp3) is 0. The number of nitrogens with one attached hydrogen (secondary N) is 2. The molecule has 4 aromatic rings. The first kappa shape index (κ1) is 19.9. The van der Waals surface area contributed by atoms with Gasteiger partial charge < -0.3 is 0 Å². The summed E-state index contributed by atoms with van der Waals surface area (Å²) in [6, 6.07) is 21.4. The number of hydrazine groups is 1. The lowest BCUT2D eigenvalue weighted by Crippen LogP contribution is -2.42. The predicted molar refractivity (Wildman–Crippen MR) is 108 cm³/mol. The number of aromatic nitrogens is 3. The number of hydrogen-bond donors (Lipinski definition) is 2. The number of carbonyl (C=O) groups excluding carboxylic acids is 2. The minimum atomic E-state index is -1.31. The second-order valence-corrected chi connectivity index (χ2v) is 6.38. The van der Waals surface area contributed by atoms with Crippen LogP contribution in [0, 0.1) is 11.6 Å². The van der Waals surface area contributed by atoms with Gasteiger partial charge in [0.2, 0.25) is 5.82 Å². The van der Waals surface area contributed by atoms with Crippen molar-refractivity contribution < 1.29 is 18.4 Å². The summed E-state index contributed by atoms with van der Waals surface area (Å²) in [6.45, 7) is 0. The summed E-state index contributed by atoms with van der Waals surface area (Å²) in [5, 5.41) is 4.25. The number of para-hydroxylation sites is 1. The van der Waals surface area contributed by atoms with Gasteiger partial charge in [0, 0.05) is 5.56 Å². The van der Waals surface area contributed by atoms with E-state index in [1.165, 1.54) is 10.7 Å². The third kappa shape index (κ3) is 4.15. The molecule has 2 amide bonds. The molecule has 4 rings (SSSR count). The highest BCUT2D eigenvalue weighted by molar-refractivity contribution is 5.98. The second kappa shape index (κ2) is 8.54. The van der Waals surface area contributed by atoms with Crippen LogP contribution in [-0.4, -0.2) is 26.6 Å². The molecule has 7 nitrogen and oxygen atoms in total. The van der Waals surface area contributed by atoms with Gasteiger partial charge in [-0.05, 0) is 24.3 Å². The van der Waals surface area contributed by atoms with Gasteiger partial charge in [-0.15, -0.1) is 5.10 Å². The molecule has 9 heteroatoms. The predicted octanol–water partition coefficient (Wildman–Crippen LogP) is 3.29. The van der Waals surface area contributed by atoms with Crippen LogP contribution >= 0.6 is 0 Å². The van der Waals surface area contributed by atoms with E-state index in [4.69, 9.17) is 0 Å². The van der Waals surface area contributed by atoms with E-state index in [-0.39, 0.29) is 5.82 Å². The fourth-order valence-electron chi connectivity index (χ4n) is 2.85. The topological polar surface area (TPSA) is 88.9 Å². The van der Waals surface area contributed by atoms with Crippen LogP contribution < -0.4 is 10.9 Å². The van der Waals surface area contributed by atoms with Crippen LogP contribution in [0.5, 0.6) is 0 Å². The summed E-state index contributed by atoms with van der Waals surface area (Å²) in [7, 11) is 0. The van der Waals surface area contributed by atoms with E-state index in [1.54, 1.807) is 12.1 Å². The smallest absolute Gasteiger partial charge is 0.267 e. The summed E-state index contributed by atoms with van der Waals surface area (Å²) in [5.74, 6) is -4.13. The molecule has 0 aliphatic heterocycles. The first-order valence-corrected chi connectivity index (χ1v) is 9.17. The normalized spacial score (nSPS) is 10.5. The Morgan fingerprint density at radius 1 is 0.774 bits per heavy atom. The van der Waals surface area contributed by atoms with Crippen LogP contribution in [0.3, 0.4) is 0 Å². The van der Waals surface area contributed by atoms with Crippen molar-refractivity contribution in [1.82, 2.24) is 25.6 Å². The molecule has 0 aliphatic rings. The number of carbonyl (C=O) groups is 2. The van der Waals surface area contributed by atoms with Crippen LogP contribution in [0.2, 0.25) is 0 Å². The van der Waals surface area contributed by atoms with Crippen LogP contribution in [0.15, 0.2) is 78.9 Å². The number of nitrogens with zero attached hydrogens (tertiary/aromatic N) is 3. The summed E-state index contributed by atoms with van der Waals surface area (Å²) in [5.41, 5.74) is 5.02. The standard InChI is InChI=1S/C22H15F2N5O2/c23-17-13-7-12-16(18(17)24)21(30)26-27-22(31)19-25-20(14-8-3-1-4-9-14)29(28-19)15-10-5-2-6-11-15/h1-13H,(H,26,30)(H,27,31). The van der Waals surface area contributed by atoms with Gasteiger partial charge in [-0.1, -0.05) is 54.6 Å². The van der Waals surface area contributed by atoms with Gasteiger partial charge in [0.15, 0.2) is 17.5 Å². The van der Waals surface area contributed by atoms with Crippen molar-refractivity contribution in [1.29, 1.82) is 0 Å². The summed E-state index contributed by atoms with van der Waals surface area (Å²) in [6.07, 6.45) is 0. The molecule has 1 heterocycles. The third-order valence-corrected chi connectivity index (χ3v) is 4.33. The van der Waals surface area contributed by atoms with Crippen molar-refractivity contribution >= 4 is 11.8 Å². The maximum Gasteiger partial charge on any atom is 0.309 e. The molecule has 0 radical (unpaired) electrons. The number of hydrogen-bond acceptors (Lipinski definition) is 4. The lowest BCUT2D eigenvalue weighted by atomic mass is 10.2. The maximum atomic E-state index is 13.8. The van der Waals surface area contributed by atoms with Crippen molar-refractivity contribution in [2.45, 2.75) is 0 Å². The quantitative estimate of drug-likeness (QED) is 0.497. The Hall–Kier alpha value is -4.40. The highest BCUT2D eigenvalue weighted by Crippen LogP contribution is 2.21. The van der Waals surface area contributed by atoms with Crippen molar-refractivity contribution in [2.75, 3.05) is 0 Å². The van der Waals surface area contributed by atoms with Gasteiger partial charge in [-0.3, -0.25) is 20.4 Å². The maximum absolute atomic E-state index is 13.8. The Labute approximate surface area is 175 Å². The molecule has 3 aromatic carbocycles. The molecular weight excluding hydrogens is 404 g/mol. The van der Waals surface area contributed by atoms with E-state index >= 15 is 0 Å². The summed E-state index contributed by atoms with van der Waals surface area (Å²) >= 11 is 0. The van der Waals surface area contributed by atoms with Crippen molar-refractivity contribution in [3.8, 4) is 17.1 Å². The Bertz CT molecular complexity index is 1190. The Balaban J connectivity index is 1.59. The van der Waals surface area contributed by atoms with Gasteiger partial charge in [0.25, 0.3) is 5.91 Å². The van der Waals surface area contributed by atoms with E-state index in [1.807, 2.05) is 54.0 Å². The number of benzene rings is 3. The number of rotatable bonds is 4. The van der Waals surface area contributed by atoms with Crippen LogP contribution in [0.25, 0.3) is 17.1 Å². The molecule has 0 fully saturated rings. The molecule has 0 atom stereocenters. The van der Waals surface area contributed by atoms with E-state index in [0.717, 1.165) is 17.7 Å². The van der Waals surface area contributed by atoms with Crippen molar-refractivity contribution in [3.05, 3.63) is 102 Å². The molecule has 0 saturated heterocycles. The SMILES string of the molecule is O=C(NNC(=O)c1cccc(F)c1F)c1nc(-c2ccccc2)n(-c2ccccc2)n1. The average Bonchev–Trinajstić information content (AvgIpc) is 3.26. The fourth-order valence-corrected chi connectivity index (χ4v) is 2.85. The molecule has 1 aromatic heterocycles. The minimum Gasteiger partial charge on any atom is -0.267 e. The Morgan fingerprint density at radius 3 is 2.13 bits per heavy atom. The Morgan fingerprint density at radius 2 is 1.42 bits per heavy atom. The van der Waals surface area contributed by atoms with Crippen LogP contribution in [-0.2, 0) is 0 Å². The first-order valence-electron chi connectivity index (χ1n) is 9.17. The molecule has 2 N–H and O–H groups in total. The lowest BCUT2D eigenvalue weighted by Gasteiger charge is -2.06. The average molecular weight is 419 g/mol. The van der Waals surface area contributed by atoms with Gasteiger partial charge in [-0.25, -0.2) is 18.4 Å². The third-order valence-electron chi connectivity index (χ3n) is 4.33. The van der Waals surface area contributed by atoms with Crippen LogP contribution in [0.1, 0.15) is 21.0 Å². The van der Waals surface area contributed by atoms with E-state index in [9.17, 15) is 18.4 Å². The van der Waals surface area contributed by atoms with Crippen molar-refractivity contribution in [3.63, 3.8) is 0 Å². The molecule has 0 unspecified atom stereocenters. The van der Waals surface area contributed by atoms with Gasteiger partial charge in [0.05, 0.1) is 11.3 Å². The molecule has 0 aliphatic carbocycles. The van der Waals surface area contributed by atoms with E-state index in [0.29, 0.717) is 11.5 Å². The number of halogens is 2. The number of amides is 2. The first-order chi connectivity index (χ1) is 15.0. The van der Waals surface area contributed by atoms with Gasteiger partial charge in [-0.2, -0.15) is 0 Å². The largest absolute Gasteiger partial charge is 0.309 e. The minimum absolute atomic E-state index is 0.220. The highest BCUT2D eigenvalue weighted by Gasteiger charge is 2.20.